The number of guanidine groups is 1. The molecule has 1 aromatic heterocycles. The smallest absolute Gasteiger partial charge is 0.257 e. The molecule has 0 fully saturated rings. The Labute approximate surface area is 156 Å². The molecule has 0 bridgehead atoms. The van der Waals surface area contributed by atoms with Gasteiger partial charge in [-0.1, -0.05) is 29.8 Å². The van der Waals surface area contributed by atoms with E-state index in [9.17, 15) is 4.79 Å². The van der Waals surface area contributed by atoms with Gasteiger partial charge in [0.05, 0.1) is 6.54 Å². The molecule has 5 nitrogen and oxygen atoms in total. The Morgan fingerprint density at radius 1 is 0.962 bits per heavy atom. The fourth-order valence-corrected chi connectivity index (χ4v) is 2.33. The van der Waals surface area contributed by atoms with Gasteiger partial charge in [-0.15, -0.1) is 0 Å². The van der Waals surface area contributed by atoms with Crippen molar-refractivity contribution in [2.24, 2.45) is 4.99 Å². The number of carbonyl (C=O) groups is 1. The number of aromatic nitrogens is 1. The number of halogens is 1. The van der Waals surface area contributed by atoms with Gasteiger partial charge in [0.25, 0.3) is 5.91 Å². The number of aliphatic imine (C=N–C) groups is 1. The van der Waals surface area contributed by atoms with Crippen LogP contribution in [-0.4, -0.2) is 16.9 Å². The molecule has 0 aliphatic carbocycles. The Morgan fingerprint density at radius 2 is 1.65 bits per heavy atom. The highest BCUT2D eigenvalue weighted by atomic mass is 35.5. The van der Waals surface area contributed by atoms with Crippen molar-refractivity contribution in [3.05, 3.63) is 95.3 Å². The highest BCUT2D eigenvalue weighted by Gasteiger charge is 2.09. The number of hydrogen-bond donors (Lipinski definition) is 2. The van der Waals surface area contributed by atoms with Gasteiger partial charge in [0.2, 0.25) is 5.96 Å². The van der Waals surface area contributed by atoms with Gasteiger partial charge in [-0.2, -0.15) is 0 Å². The molecule has 6 heteroatoms. The maximum atomic E-state index is 12.5. The van der Waals surface area contributed by atoms with E-state index in [1.54, 1.807) is 36.7 Å². The third-order valence-electron chi connectivity index (χ3n) is 3.54. The van der Waals surface area contributed by atoms with Crippen molar-refractivity contribution < 1.29 is 4.79 Å². The summed E-state index contributed by atoms with van der Waals surface area (Å²) >= 11 is 5.87. The van der Waals surface area contributed by atoms with Gasteiger partial charge in [-0.3, -0.25) is 15.1 Å². The molecule has 1 heterocycles. The third-order valence-corrected chi connectivity index (χ3v) is 3.80. The normalized spacial score (nSPS) is 11.0. The van der Waals surface area contributed by atoms with Gasteiger partial charge in [0, 0.05) is 28.7 Å². The molecule has 0 spiro atoms. The summed E-state index contributed by atoms with van der Waals surface area (Å²) in [5.74, 6) is 0.103. The molecule has 2 aromatic carbocycles. The van der Waals surface area contributed by atoms with Gasteiger partial charge in [0.1, 0.15) is 0 Å². The number of pyridine rings is 1. The van der Waals surface area contributed by atoms with Gasteiger partial charge in [-0.25, -0.2) is 4.99 Å². The fourth-order valence-electron chi connectivity index (χ4n) is 2.21. The van der Waals surface area contributed by atoms with E-state index in [0.29, 0.717) is 23.1 Å². The molecule has 0 aliphatic rings. The van der Waals surface area contributed by atoms with Crippen molar-refractivity contribution in [3.8, 4) is 0 Å². The second kappa shape index (κ2) is 8.78. The zero-order chi connectivity index (χ0) is 18.2. The first-order chi connectivity index (χ1) is 12.7. The first kappa shape index (κ1) is 17.6. The summed E-state index contributed by atoms with van der Waals surface area (Å²) < 4.78 is 0. The van der Waals surface area contributed by atoms with Crippen LogP contribution in [-0.2, 0) is 6.54 Å². The predicted octanol–water partition coefficient (Wildman–Crippen LogP) is 4.13. The van der Waals surface area contributed by atoms with Gasteiger partial charge < -0.3 is 5.32 Å². The quantitative estimate of drug-likeness (QED) is 0.540. The largest absolute Gasteiger partial charge is 0.326 e. The van der Waals surface area contributed by atoms with Crippen LogP contribution < -0.4 is 10.6 Å². The summed E-state index contributed by atoms with van der Waals surface area (Å²) in [6.45, 7) is 0.415. The Morgan fingerprint density at radius 3 is 2.35 bits per heavy atom. The van der Waals surface area contributed by atoms with Crippen molar-refractivity contribution in [2.75, 3.05) is 5.32 Å². The fraction of sp³-hybridized carbons (Fsp3) is 0.0500. The maximum absolute atomic E-state index is 12.5. The number of benzene rings is 2. The van der Waals surface area contributed by atoms with Crippen LogP contribution >= 0.6 is 11.6 Å². The summed E-state index contributed by atoms with van der Waals surface area (Å²) in [7, 11) is 0. The first-order valence-corrected chi connectivity index (χ1v) is 8.41. The molecule has 1 amide bonds. The average molecular weight is 365 g/mol. The molecule has 3 rings (SSSR count). The van der Waals surface area contributed by atoms with Crippen molar-refractivity contribution in [1.29, 1.82) is 0 Å². The minimum absolute atomic E-state index is 0.265. The van der Waals surface area contributed by atoms with Crippen LogP contribution in [0.3, 0.4) is 0 Å². The number of carbonyl (C=O) groups excluding carboxylic acids is 1. The Kier molecular flexibility index (Phi) is 5.96. The highest BCUT2D eigenvalue weighted by Crippen LogP contribution is 2.10. The molecule has 0 saturated carbocycles. The van der Waals surface area contributed by atoms with Gasteiger partial charge >= 0.3 is 0 Å². The molecule has 0 aliphatic heterocycles. The summed E-state index contributed by atoms with van der Waals surface area (Å²) in [4.78, 5) is 21.0. The highest BCUT2D eigenvalue weighted by molar-refractivity contribution is 6.30. The Balaban J connectivity index is 1.77. The lowest BCUT2D eigenvalue weighted by molar-refractivity contribution is 0.0977. The second-order valence-electron chi connectivity index (χ2n) is 5.47. The number of amides is 1. The van der Waals surface area contributed by atoms with E-state index in [0.717, 1.165) is 11.3 Å². The molecule has 0 unspecified atom stereocenters. The number of anilines is 1. The molecule has 0 atom stereocenters. The minimum Gasteiger partial charge on any atom is -0.326 e. The molecule has 26 heavy (non-hydrogen) atoms. The molecule has 130 valence electrons. The first-order valence-electron chi connectivity index (χ1n) is 8.03. The SMILES string of the molecule is O=C(NC(=NCc1ccncc1)Nc1ccccc1)c1ccc(Cl)cc1. The van der Waals surface area contributed by atoms with E-state index < -0.39 is 0 Å². The van der Waals surface area contributed by atoms with E-state index >= 15 is 0 Å². The van der Waals surface area contributed by atoms with Crippen molar-refractivity contribution >= 4 is 29.2 Å². The summed E-state index contributed by atoms with van der Waals surface area (Å²) in [6.07, 6.45) is 3.42. The lowest BCUT2D eigenvalue weighted by Gasteiger charge is -2.12. The van der Waals surface area contributed by atoms with Crippen LogP contribution in [0.4, 0.5) is 5.69 Å². The molecule has 0 radical (unpaired) electrons. The lowest BCUT2D eigenvalue weighted by Crippen LogP contribution is -2.36. The average Bonchev–Trinajstić information content (AvgIpc) is 2.68. The summed E-state index contributed by atoms with van der Waals surface area (Å²) in [5.41, 5.74) is 2.33. The van der Waals surface area contributed by atoms with Crippen molar-refractivity contribution in [2.45, 2.75) is 6.54 Å². The van der Waals surface area contributed by atoms with Crippen LogP contribution in [0, 0.1) is 0 Å². The molecule has 2 N–H and O–H groups in total. The van der Waals surface area contributed by atoms with Crippen molar-refractivity contribution in [1.82, 2.24) is 10.3 Å². The Hall–Kier alpha value is -3.18. The topological polar surface area (TPSA) is 66.4 Å². The van der Waals surface area contributed by atoms with Gasteiger partial charge in [0.15, 0.2) is 0 Å². The maximum Gasteiger partial charge on any atom is 0.257 e. The zero-order valence-electron chi connectivity index (χ0n) is 13.9. The van der Waals surface area contributed by atoms with E-state index in [1.165, 1.54) is 0 Å². The third kappa shape index (κ3) is 5.16. The monoisotopic (exact) mass is 364 g/mol. The zero-order valence-corrected chi connectivity index (χ0v) is 14.6. The van der Waals surface area contributed by atoms with Crippen LogP contribution in [0.25, 0.3) is 0 Å². The van der Waals surface area contributed by atoms with E-state index in [4.69, 9.17) is 11.6 Å². The van der Waals surface area contributed by atoms with E-state index in [1.807, 2.05) is 42.5 Å². The summed E-state index contributed by atoms with van der Waals surface area (Å²) in [6, 6.07) is 20.0. The minimum atomic E-state index is -0.265. The number of rotatable bonds is 4. The Bertz CT molecular complexity index is 881. The summed E-state index contributed by atoms with van der Waals surface area (Å²) in [5, 5.41) is 6.53. The van der Waals surface area contributed by atoms with E-state index in [2.05, 4.69) is 20.6 Å². The lowest BCUT2D eigenvalue weighted by atomic mass is 10.2. The van der Waals surface area contributed by atoms with Crippen LogP contribution in [0.5, 0.6) is 0 Å². The van der Waals surface area contributed by atoms with Crippen LogP contribution in [0.1, 0.15) is 15.9 Å². The van der Waals surface area contributed by atoms with Crippen LogP contribution in [0.15, 0.2) is 84.1 Å². The molecular weight excluding hydrogens is 348 g/mol. The number of hydrogen-bond acceptors (Lipinski definition) is 3. The van der Waals surface area contributed by atoms with Gasteiger partial charge in [-0.05, 0) is 54.1 Å². The predicted molar refractivity (Wildman–Crippen MR) is 104 cm³/mol. The van der Waals surface area contributed by atoms with Crippen LogP contribution in [0.2, 0.25) is 5.02 Å². The molecule has 0 saturated heterocycles. The number of para-hydroxylation sites is 1. The number of nitrogens with zero attached hydrogens (tertiary/aromatic N) is 2. The molecule has 3 aromatic rings. The number of nitrogens with one attached hydrogen (secondary N) is 2. The molecular formula is C20H17ClN4O. The van der Waals surface area contributed by atoms with Crippen molar-refractivity contribution in [3.63, 3.8) is 0 Å². The second-order valence-corrected chi connectivity index (χ2v) is 5.91. The van der Waals surface area contributed by atoms with E-state index in [-0.39, 0.29) is 5.91 Å². The standard InChI is InChI=1S/C20H17ClN4O/c21-17-8-6-16(7-9-17)19(26)25-20(24-18-4-2-1-3-5-18)23-14-15-10-12-22-13-11-15/h1-13H,14H2,(H2,23,24,25,26).